The summed E-state index contributed by atoms with van der Waals surface area (Å²) < 4.78 is 6.96. The lowest BCUT2D eigenvalue weighted by Crippen LogP contribution is -2.50. The summed E-state index contributed by atoms with van der Waals surface area (Å²) in [6.45, 7) is 14.3. The second-order valence-electron chi connectivity index (χ2n) is 9.94. The molecule has 2 aromatic carbocycles. The number of aromatic nitrogens is 2. The van der Waals surface area contributed by atoms with Crippen LogP contribution >= 0.6 is 0 Å². The van der Waals surface area contributed by atoms with Gasteiger partial charge in [0.2, 0.25) is 0 Å². The van der Waals surface area contributed by atoms with Crippen LogP contribution in [0.2, 0.25) is 16.6 Å². The van der Waals surface area contributed by atoms with E-state index in [4.69, 9.17) is 4.43 Å². The number of carbonyl (C=O) groups is 1. The number of H-pyrrole nitrogens is 1. The Kier molecular flexibility index (Phi) is 4.82. The molecule has 2 aromatic heterocycles. The Bertz CT molecular complexity index is 1350. The molecule has 2 N–H and O–H groups in total. The van der Waals surface area contributed by atoms with Crippen LogP contribution in [0, 0.1) is 0 Å². The van der Waals surface area contributed by atoms with Gasteiger partial charge in [-0.15, -0.1) is 0 Å². The van der Waals surface area contributed by atoms with E-state index in [9.17, 15) is 4.79 Å². The van der Waals surface area contributed by atoms with Crippen molar-refractivity contribution in [2.24, 2.45) is 0 Å². The van der Waals surface area contributed by atoms with Gasteiger partial charge in [0.25, 0.3) is 14.2 Å². The summed E-state index contributed by atoms with van der Waals surface area (Å²) in [7, 11) is -2.08. The molecule has 0 fully saturated rings. The van der Waals surface area contributed by atoms with E-state index < -0.39 is 8.32 Å². The minimum absolute atomic E-state index is 0.0155. The van der Waals surface area contributed by atoms with Crippen molar-refractivity contribution in [1.82, 2.24) is 15.3 Å². The molecular weight excluding hydrogens is 414 g/mol. The highest BCUT2D eigenvalue weighted by molar-refractivity contribution is 6.78. The van der Waals surface area contributed by atoms with Crippen LogP contribution in [-0.4, -0.2) is 24.2 Å². The lowest BCUT2D eigenvalue weighted by Gasteiger charge is -2.42. The maximum atomic E-state index is 12.9. The van der Waals surface area contributed by atoms with E-state index in [0.717, 1.165) is 49.6 Å². The summed E-state index contributed by atoms with van der Waals surface area (Å²) in [6, 6.07) is 10.3. The van der Waals surface area contributed by atoms with Gasteiger partial charge in [-0.05, 0) is 46.5 Å². The molecule has 0 radical (unpaired) electrons. The van der Waals surface area contributed by atoms with Crippen molar-refractivity contribution in [3.8, 4) is 5.75 Å². The lowest BCUT2D eigenvalue weighted by atomic mass is 9.98. The van der Waals surface area contributed by atoms with E-state index in [1.807, 2.05) is 12.3 Å². The average Bonchev–Trinajstić information content (AvgIpc) is 3.32. The third kappa shape index (κ3) is 2.82. The van der Waals surface area contributed by atoms with Crippen LogP contribution in [0.5, 0.6) is 5.75 Å². The van der Waals surface area contributed by atoms with Gasteiger partial charge in [-0.1, -0.05) is 47.6 Å². The number of hydrogen-bond donors (Lipinski definition) is 2. The summed E-state index contributed by atoms with van der Waals surface area (Å²) in [5.41, 5.74) is 6.10. The van der Waals surface area contributed by atoms with Gasteiger partial charge in [0, 0.05) is 34.4 Å². The van der Waals surface area contributed by atoms with Crippen LogP contribution in [0.3, 0.4) is 0 Å². The molecule has 1 amide bonds. The summed E-state index contributed by atoms with van der Waals surface area (Å²) >= 11 is 0. The van der Waals surface area contributed by atoms with Crippen LogP contribution in [-0.2, 0) is 6.54 Å². The van der Waals surface area contributed by atoms with Crippen molar-refractivity contribution in [3.05, 3.63) is 47.7 Å². The number of hydrogen-bond acceptors (Lipinski definition) is 3. The highest BCUT2D eigenvalue weighted by atomic mass is 28.4. The van der Waals surface area contributed by atoms with Gasteiger partial charge in [0.1, 0.15) is 5.75 Å². The Hall–Kier alpha value is -2.86. The number of fused-ring (bicyclic) bond motifs is 8. The standard InChI is InChI=1S/C26H31N3O2Si/c1-14(2)32(15(3)4,16(5)6)31-17-9-10-21-19(12-17)22-23-20(13-28-26(23)30)18-8-7-11-27-24(18)25(22)29-21/h7-12,14-16,29H,13H2,1-6H3,(H,28,30). The number of rotatable bonds is 5. The predicted octanol–water partition coefficient (Wildman–Crippen LogP) is 6.67. The molecule has 0 aliphatic carbocycles. The van der Waals surface area contributed by atoms with Crippen molar-refractivity contribution in [2.45, 2.75) is 64.7 Å². The van der Waals surface area contributed by atoms with E-state index in [1.54, 1.807) is 0 Å². The zero-order valence-electron chi connectivity index (χ0n) is 19.7. The SMILES string of the molecule is CC(C)[Si](Oc1ccc2[nH]c3c4ncccc4c4c(c3c2c1)C(=O)NC4)(C(C)C)C(C)C. The van der Waals surface area contributed by atoms with Gasteiger partial charge in [0.15, 0.2) is 0 Å². The molecule has 166 valence electrons. The van der Waals surface area contributed by atoms with Crippen LogP contribution in [0.1, 0.15) is 57.5 Å². The lowest BCUT2D eigenvalue weighted by molar-refractivity contribution is 0.0967. The molecule has 0 unspecified atom stereocenters. The topological polar surface area (TPSA) is 67.0 Å². The Morgan fingerprint density at radius 2 is 1.72 bits per heavy atom. The van der Waals surface area contributed by atoms with Gasteiger partial charge >= 0.3 is 0 Å². The van der Waals surface area contributed by atoms with Crippen molar-refractivity contribution >= 4 is 46.9 Å². The fraction of sp³-hybridized carbons (Fsp3) is 0.385. The molecule has 3 heterocycles. The summed E-state index contributed by atoms with van der Waals surface area (Å²) in [5, 5.41) is 6.02. The number of nitrogens with one attached hydrogen (secondary N) is 2. The first-order valence-corrected chi connectivity index (χ1v) is 13.7. The fourth-order valence-corrected chi connectivity index (χ4v) is 11.3. The second kappa shape index (κ2) is 7.34. The first-order valence-electron chi connectivity index (χ1n) is 11.6. The fourth-order valence-electron chi connectivity index (χ4n) is 6.05. The maximum Gasteiger partial charge on any atom is 0.258 e. The smallest absolute Gasteiger partial charge is 0.258 e. The van der Waals surface area contributed by atoms with E-state index >= 15 is 0 Å². The first-order chi connectivity index (χ1) is 15.3. The van der Waals surface area contributed by atoms with Gasteiger partial charge in [0.05, 0.1) is 16.6 Å². The Morgan fingerprint density at radius 1 is 1.00 bits per heavy atom. The zero-order valence-corrected chi connectivity index (χ0v) is 20.7. The molecule has 0 saturated carbocycles. The molecule has 0 spiro atoms. The predicted molar refractivity (Wildman–Crippen MR) is 134 cm³/mol. The minimum Gasteiger partial charge on any atom is -0.543 e. The summed E-state index contributed by atoms with van der Waals surface area (Å²) in [5.74, 6) is 0.882. The Labute approximate surface area is 189 Å². The molecular formula is C26H31N3O2Si. The number of benzene rings is 2. The normalized spacial score (nSPS) is 14.3. The summed E-state index contributed by atoms with van der Waals surface area (Å²) in [4.78, 5) is 21.1. The molecule has 6 heteroatoms. The third-order valence-electron chi connectivity index (χ3n) is 7.35. The molecule has 0 atom stereocenters. The average molecular weight is 446 g/mol. The Morgan fingerprint density at radius 3 is 2.41 bits per heavy atom. The molecule has 1 aliphatic rings. The van der Waals surface area contributed by atoms with Crippen LogP contribution in [0.15, 0.2) is 36.5 Å². The van der Waals surface area contributed by atoms with Crippen molar-refractivity contribution in [1.29, 1.82) is 0 Å². The van der Waals surface area contributed by atoms with E-state index in [-0.39, 0.29) is 5.91 Å². The minimum atomic E-state index is -2.08. The first kappa shape index (κ1) is 21.0. The van der Waals surface area contributed by atoms with Gasteiger partial charge in [-0.25, -0.2) is 0 Å². The highest BCUT2D eigenvalue weighted by Gasteiger charge is 2.47. The maximum absolute atomic E-state index is 12.9. The monoisotopic (exact) mass is 445 g/mol. The van der Waals surface area contributed by atoms with Gasteiger partial charge < -0.3 is 14.7 Å². The zero-order chi connectivity index (χ0) is 22.8. The van der Waals surface area contributed by atoms with Crippen molar-refractivity contribution in [2.75, 3.05) is 0 Å². The largest absolute Gasteiger partial charge is 0.543 e. The van der Waals surface area contributed by atoms with E-state index in [1.165, 1.54) is 0 Å². The molecule has 4 aromatic rings. The molecule has 0 bridgehead atoms. The molecule has 32 heavy (non-hydrogen) atoms. The van der Waals surface area contributed by atoms with E-state index in [2.05, 4.69) is 81.1 Å². The van der Waals surface area contributed by atoms with Crippen molar-refractivity contribution in [3.63, 3.8) is 0 Å². The van der Waals surface area contributed by atoms with Crippen molar-refractivity contribution < 1.29 is 9.22 Å². The summed E-state index contributed by atoms with van der Waals surface area (Å²) in [6.07, 6.45) is 1.81. The molecule has 5 nitrogen and oxygen atoms in total. The molecule has 1 aliphatic heterocycles. The number of pyridine rings is 1. The van der Waals surface area contributed by atoms with Crippen LogP contribution < -0.4 is 9.74 Å². The highest BCUT2D eigenvalue weighted by Crippen LogP contribution is 2.44. The van der Waals surface area contributed by atoms with Crippen LogP contribution in [0.4, 0.5) is 0 Å². The number of aromatic amines is 1. The third-order valence-corrected chi connectivity index (χ3v) is 13.3. The van der Waals surface area contributed by atoms with Gasteiger partial charge in [-0.2, -0.15) is 0 Å². The molecule has 5 rings (SSSR count). The Balaban J connectivity index is 1.78. The number of nitrogens with zero attached hydrogens (tertiary/aromatic N) is 1. The van der Waals surface area contributed by atoms with Crippen LogP contribution in [0.25, 0.3) is 32.7 Å². The number of carbonyl (C=O) groups excluding carboxylic acids is 1. The molecule has 0 saturated heterocycles. The quantitative estimate of drug-likeness (QED) is 0.337. The van der Waals surface area contributed by atoms with E-state index in [0.29, 0.717) is 23.2 Å². The second-order valence-corrected chi connectivity index (χ2v) is 15.3. The van der Waals surface area contributed by atoms with Gasteiger partial charge in [-0.3, -0.25) is 9.78 Å². The number of amides is 1.